The second kappa shape index (κ2) is 6.35. The van der Waals surface area contributed by atoms with Crippen molar-refractivity contribution in [3.8, 4) is 0 Å². The molecule has 0 aliphatic carbocycles. The van der Waals surface area contributed by atoms with Crippen molar-refractivity contribution in [3.05, 3.63) is 28.8 Å². The molecule has 1 fully saturated rings. The SMILES string of the molecule is CNC1CCCN(S(=O)(=O)c2ccc(Cl)c(C(F)(F)F)c2)C1. The Bertz CT molecular complexity index is 649. The Kier molecular flexibility index (Phi) is 5.06. The van der Waals surface area contributed by atoms with E-state index < -0.39 is 26.8 Å². The summed E-state index contributed by atoms with van der Waals surface area (Å²) in [6, 6.07) is 2.67. The summed E-state index contributed by atoms with van der Waals surface area (Å²) >= 11 is 5.52. The zero-order chi connectivity index (χ0) is 16.5. The Morgan fingerprint density at radius 1 is 1.36 bits per heavy atom. The minimum Gasteiger partial charge on any atom is -0.316 e. The first-order chi connectivity index (χ1) is 10.2. The number of hydrogen-bond donors (Lipinski definition) is 1. The van der Waals surface area contributed by atoms with Gasteiger partial charge >= 0.3 is 6.18 Å². The van der Waals surface area contributed by atoms with Crippen LogP contribution in [0, 0.1) is 0 Å². The van der Waals surface area contributed by atoms with Crippen molar-refractivity contribution >= 4 is 21.6 Å². The monoisotopic (exact) mass is 356 g/mol. The van der Waals surface area contributed by atoms with Gasteiger partial charge in [-0.1, -0.05) is 11.6 Å². The van der Waals surface area contributed by atoms with E-state index in [0.717, 1.165) is 18.6 Å². The molecule has 9 heteroatoms. The standard InChI is InChI=1S/C13H16ClF3N2O2S/c1-18-9-3-2-6-19(8-9)22(20,21)10-4-5-12(14)11(7-10)13(15,16)17/h4-5,7,9,18H,2-3,6,8H2,1H3. The smallest absolute Gasteiger partial charge is 0.316 e. The van der Waals surface area contributed by atoms with Crippen LogP contribution < -0.4 is 5.32 Å². The van der Waals surface area contributed by atoms with Crippen LogP contribution in [0.2, 0.25) is 5.02 Å². The van der Waals surface area contributed by atoms with Crippen LogP contribution in [0.25, 0.3) is 0 Å². The number of sulfonamides is 1. The topological polar surface area (TPSA) is 49.4 Å². The number of nitrogens with zero attached hydrogens (tertiary/aromatic N) is 1. The molecule has 1 aliphatic heterocycles. The first-order valence-electron chi connectivity index (χ1n) is 6.70. The summed E-state index contributed by atoms with van der Waals surface area (Å²) in [4.78, 5) is -0.388. The van der Waals surface area contributed by atoms with Gasteiger partial charge in [0.05, 0.1) is 15.5 Å². The van der Waals surface area contributed by atoms with E-state index in [9.17, 15) is 21.6 Å². The fourth-order valence-electron chi connectivity index (χ4n) is 2.43. The zero-order valence-corrected chi connectivity index (χ0v) is 13.4. The highest BCUT2D eigenvalue weighted by Crippen LogP contribution is 2.36. The third kappa shape index (κ3) is 3.56. The Balaban J connectivity index is 2.38. The molecule has 2 rings (SSSR count). The predicted octanol–water partition coefficient (Wildman–Crippen LogP) is 2.73. The van der Waals surface area contributed by atoms with Crippen molar-refractivity contribution < 1.29 is 21.6 Å². The van der Waals surface area contributed by atoms with Gasteiger partial charge in [0, 0.05) is 19.1 Å². The van der Waals surface area contributed by atoms with Crippen LogP contribution in [-0.2, 0) is 16.2 Å². The molecule has 0 spiro atoms. The van der Waals surface area contributed by atoms with Crippen LogP contribution in [0.5, 0.6) is 0 Å². The summed E-state index contributed by atoms with van der Waals surface area (Å²) in [6.45, 7) is 0.535. The second-order valence-electron chi connectivity index (χ2n) is 5.13. The molecule has 1 aromatic rings. The number of hydrogen-bond acceptors (Lipinski definition) is 3. The van der Waals surface area contributed by atoms with Crippen LogP contribution in [0.1, 0.15) is 18.4 Å². The van der Waals surface area contributed by atoms with Gasteiger partial charge < -0.3 is 5.32 Å². The molecule has 4 nitrogen and oxygen atoms in total. The van der Waals surface area contributed by atoms with Crippen LogP contribution in [0.4, 0.5) is 13.2 Å². The van der Waals surface area contributed by atoms with E-state index in [1.165, 1.54) is 4.31 Å². The normalized spacial score (nSPS) is 21.0. The molecule has 1 unspecified atom stereocenters. The third-order valence-electron chi connectivity index (χ3n) is 3.67. The first-order valence-corrected chi connectivity index (χ1v) is 8.52. The van der Waals surface area contributed by atoms with Crippen molar-refractivity contribution in [2.45, 2.75) is 30.0 Å². The third-order valence-corrected chi connectivity index (χ3v) is 5.86. The maximum atomic E-state index is 12.9. The molecule has 1 saturated heterocycles. The Labute approximate surface area is 132 Å². The maximum Gasteiger partial charge on any atom is 0.417 e. The van der Waals surface area contributed by atoms with Gasteiger partial charge in [0.25, 0.3) is 0 Å². The average Bonchev–Trinajstić information content (AvgIpc) is 2.46. The molecule has 1 heterocycles. The summed E-state index contributed by atoms with van der Waals surface area (Å²) in [5.41, 5.74) is -1.14. The van der Waals surface area contributed by atoms with Gasteiger partial charge in [-0.15, -0.1) is 0 Å². The van der Waals surface area contributed by atoms with Gasteiger partial charge in [0.2, 0.25) is 10.0 Å². The highest BCUT2D eigenvalue weighted by molar-refractivity contribution is 7.89. The van der Waals surface area contributed by atoms with Crippen molar-refractivity contribution in [1.29, 1.82) is 0 Å². The molecule has 0 aromatic heterocycles. The van der Waals surface area contributed by atoms with Gasteiger partial charge in [-0.3, -0.25) is 0 Å². The number of rotatable bonds is 3. The number of likely N-dealkylation sites (N-methyl/N-ethyl adjacent to an activating group) is 1. The summed E-state index contributed by atoms with van der Waals surface area (Å²) < 4.78 is 64.9. The van der Waals surface area contributed by atoms with Gasteiger partial charge in [-0.05, 0) is 38.1 Å². The van der Waals surface area contributed by atoms with E-state index in [4.69, 9.17) is 11.6 Å². The Morgan fingerprint density at radius 3 is 2.64 bits per heavy atom. The van der Waals surface area contributed by atoms with Crippen LogP contribution in [-0.4, -0.2) is 38.9 Å². The number of nitrogens with one attached hydrogen (secondary N) is 1. The number of piperidine rings is 1. The number of alkyl halides is 3. The lowest BCUT2D eigenvalue weighted by atomic mass is 10.1. The minimum absolute atomic E-state index is 0.00193. The van der Waals surface area contributed by atoms with Crippen LogP contribution in [0.15, 0.2) is 23.1 Å². The lowest BCUT2D eigenvalue weighted by Gasteiger charge is -2.31. The quantitative estimate of drug-likeness (QED) is 0.906. The summed E-state index contributed by atoms with van der Waals surface area (Å²) in [5, 5.41) is 2.48. The van der Waals surface area contributed by atoms with E-state index in [1.807, 2.05) is 0 Å². The second-order valence-corrected chi connectivity index (χ2v) is 7.48. The largest absolute Gasteiger partial charge is 0.417 e. The molecule has 124 valence electrons. The van der Waals surface area contributed by atoms with E-state index in [-0.39, 0.29) is 17.5 Å². The van der Waals surface area contributed by atoms with Crippen molar-refractivity contribution in [2.24, 2.45) is 0 Å². The highest BCUT2D eigenvalue weighted by atomic mass is 35.5. The van der Waals surface area contributed by atoms with Gasteiger partial charge in [-0.25, -0.2) is 8.42 Å². The first kappa shape index (κ1) is 17.5. The van der Waals surface area contributed by atoms with Crippen LogP contribution >= 0.6 is 11.6 Å². The maximum absolute atomic E-state index is 12.9. The van der Waals surface area contributed by atoms with E-state index >= 15 is 0 Å². The molecule has 0 radical (unpaired) electrons. The molecule has 1 N–H and O–H groups in total. The summed E-state index contributed by atoms with van der Waals surface area (Å²) in [5.74, 6) is 0. The Morgan fingerprint density at radius 2 is 2.05 bits per heavy atom. The molecule has 1 aromatic carbocycles. The fraction of sp³-hybridized carbons (Fsp3) is 0.538. The fourth-order valence-corrected chi connectivity index (χ4v) is 4.20. The Hall–Kier alpha value is -0.830. The van der Waals surface area contributed by atoms with E-state index in [0.29, 0.717) is 19.0 Å². The van der Waals surface area contributed by atoms with E-state index in [1.54, 1.807) is 7.05 Å². The summed E-state index contributed by atoms with van der Waals surface area (Å²) in [7, 11) is -2.24. The van der Waals surface area contributed by atoms with Gasteiger partial charge in [0.1, 0.15) is 0 Å². The number of halogens is 4. The zero-order valence-electron chi connectivity index (χ0n) is 11.8. The molecule has 0 bridgehead atoms. The molecule has 1 aliphatic rings. The molecule has 22 heavy (non-hydrogen) atoms. The van der Waals surface area contributed by atoms with Crippen molar-refractivity contribution in [3.63, 3.8) is 0 Å². The number of benzene rings is 1. The average molecular weight is 357 g/mol. The predicted molar refractivity (Wildman–Crippen MR) is 77.3 cm³/mol. The van der Waals surface area contributed by atoms with Gasteiger partial charge in [-0.2, -0.15) is 17.5 Å². The van der Waals surface area contributed by atoms with Crippen molar-refractivity contribution in [1.82, 2.24) is 9.62 Å². The lowest BCUT2D eigenvalue weighted by molar-refractivity contribution is -0.137. The van der Waals surface area contributed by atoms with Crippen molar-refractivity contribution in [2.75, 3.05) is 20.1 Å². The molecule has 0 amide bonds. The summed E-state index contributed by atoms with van der Waals surface area (Å²) in [6.07, 6.45) is -3.21. The van der Waals surface area contributed by atoms with E-state index in [2.05, 4.69) is 5.32 Å². The molecular weight excluding hydrogens is 341 g/mol. The lowest BCUT2D eigenvalue weighted by Crippen LogP contribution is -2.46. The molecule has 1 atom stereocenters. The molecule has 0 saturated carbocycles. The minimum atomic E-state index is -4.70. The van der Waals surface area contributed by atoms with Crippen LogP contribution in [0.3, 0.4) is 0 Å². The molecular formula is C13H16ClF3N2O2S. The van der Waals surface area contributed by atoms with Gasteiger partial charge in [0.15, 0.2) is 0 Å². The highest BCUT2D eigenvalue weighted by Gasteiger charge is 2.36.